The second-order valence-electron chi connectivity index (χ2n) is 4.93. The maximum Gasteiger partial charge on any atom is 0.165 e. The van der Waals surface area contributed by atoms with Gasteiger partial charge in [-0.25, -0.2) is 4.68 Å². The Morgan fingerprint density at radius 1 is 1.47 bits per heavy atom. The van der Waals surface area contributed by atoms with Crippen molar-refractivity contribution in [1.82, 2.24) is 25.5 Å². The molecule has 0 radical (unpaired) electrons. The Labute approximate surface area is 120 Å². The lowest BCUT2D eigenvalue weighted by Gasteiger charge is -2.14. The number of benzene rings is 1. The first kappa shape index (κ1) is 12.7. The molecule has 100 valence electrons. The van der Waals surface area contributed by atoms with Crippen molar-refractivity contribution in [2.45, 2.75) is 38.4 Å². The average Bonchev–Trinajstić information content (AvgIpc) is 3.13. The molecule has 1 aromatic carbocycles. The van der Waals surface area contributed by atoms with Crippen LogP contribution in [0.4, 0.5) is 0 Å². The van der Waals surface area contributed by atoms with Crippen LogP contribution in [-0.2, 0) is 6.54 Å². The first-order valence-corrected chi connectivity index (χ1v) is 7.29. The lowest BCUT2D eigenvalue weighted by atomic mass is 10.1. The normalized spacial score (nSPS) is 16.5. The molecule has 1 aliphatic carbocycles. The van der Waals surface area contributed by atoms with Crippen molar-refractivity contribution >= 4 is 15.9 Å². The molecular formula is C13H16BrN5. The lowest BCUT2D eigenvalue weighted by Crippen LogP contribution is -2.21. The fourth-order valence-electron chi connectivity index (χ4n) is 2.06. The number of nitrogens with one attached hydrogen (secondary N) is 1. The molecular weight excluding hydrogens is 306 g/mol. The van der Waals surface area contributed by atoms with Crippen molar-refractivity contribution in [3.8, 4) is 0 Å². The molecule has 0 bridgehead atoms. The van der Waals surface area contributed by atoms with Crippen molar-refractivity contribution in [2.24, 2.45) is 0 Å². The van der Waals surface area contributed by atoms with E-state index in [0.29, 0.717) is 6.04 Å². The highest BCUT2D eigenvalue weighted by Crippen LogP contribution is 2.22. The Morgan fingerprint density at radius 2 is 2.32 bits per heavy atom. The number of aromatic nitrogens is 4. The Morgan fingerprint density at radius 3 is 3.05 bits per heavy atom. The second kappa shape index (κ2) is 5.38. The van der Waals surface area contributed by atoms with Gasteiger partial charge < -0.3 is 5.32 Å². The standard InChI is InChI=1S/C13H16BrN5/c1-9(10-3-2-4-11(14)7-10)19-13(16-17-18-19)8-15-12-5-6-12/h2-4,7,9,12,15H,5-6,8H2,1H3. The zero-order valence-corrected chi connectivity index (χ0v) is 12.3. The van der Waals surface area contributed by atoms with Gasteiger partial charge in [0, 0.05) is 10.5 Å². The van der Waals surface area contributed by atoms with Crippen LogP contribution in [0.2, 0.25) is 0 Å². The van der Waals surface area contributed by atoms with E-state index in [9.17, 15) is 0 Å². The van der Waals surface area contributed by atoms with E-state index in [1.165, 1.54) is 18.4 Å². The van der Waals surface area contributed by atoms with Gasteiger partial charge >= 0.3 is 0 Å². The lowest BCUT2D eigenvalue weighted by molar-refractivity contribution is 0.504. The Hall–Kier alpha value is -1.27. The van der Waals surface area contributed by atoms with Gasteiger partial charge in [-0.3, -0.25) is 0 Å². The molecule has 2 aromatic rings. The molecule has 1 aliphatic rings. The molecule has 3 rings (SSSR count). The topological polar surface area (TPSA) is 55.6 Å². The number of halogens is 1. The molecule has 6 heteroatoms. The van der Waals surface area contributed by atoms with Gasteiger partial charge in [-0.05, 0) is 47.9 Å². The van der Waals surface area contributed by atoms with Crippen LogP contribution in [0, 0.1) is 0 Å². The fraction of sp³-hybridized carbons (Fsp3) is 0.462. The SMILES string of the molecule is CC(c1cccc(Br)c1)n1nnnc1CNC1CC1. The van der Waals surface area contributed by atoms with Crippen LogP contribution in [-0.4, -0.2) is 26.2 Å². The first-order valence-electron chi connectivity index (χ1n) is 6.49. The summed E-state index contributed by atoms with van der Waals surface area (Å²) in [6, 6.07) is 9.03. The summed E-state index contributed by atoms with van der Waals surface area (Å²) in [5.74, 6) is 0.888. The molecule has 0 aliphatic heterocycles. The minimum atomic E-state index is 0.128. The number of hydrogen-bond acceptors (Lipinski definition) is 4. The summed E-state index contributed by atoms with van der Waals surface area (Å²) in [5.41, 5.74) is 1.19. The molecule has 1 N–H and O–H groups in total. The van der Waals surface area contributed by atoms with Crippen LogP contribution in [0.1, 0.15) is 37.2 Å². The molecule has 0 saturated heterocycles. The fourth-order valence-corrected chi connectivity index (χ4v) is 2.48. The summed E-state index contributed by atoms with van der Waals surface area (Å²) < 4.78 is 2.96. The zero-order chi connectivity index (χ0) is 13.2. The summed E-state index contributed by atoms with van der Waals surface area (Å²) in [4.78, 5) is 0. The molecule has 1 atom stereocenters. The third kappa shape index (κ3) is 3.01. The molecule has 1 heterocycles. The van der Waals surface area contributed by atoms with Crippen molar-refractivity contribution in [3.05, 3.63) is 40.1 Å². The van der Waals surface area contributed by atoms with Crippen LogP contribution >= 0.6 is 15.9 Å². The summed E-state index contributed by atoms with van der Waals surface area (Å²) in [5, 5.41) is 15.5. The highest BCUT2D eigenvalue weighted by atomic mass is 79.9. The van der Waals surface area contributed by atoms with E-state index in [1.54, 1.807) is 0 Å². The summed E-state index contributed by atoms with van der Waals surface area (Å²) in [6.45, 7) is 2.84. The minimum absolute atomic E-state index is 0.128. The number of nitrogens with zero attached hydrogens (tertiary/aromatic N) is 4. The van der Waals surface area contributed by atoms with Crippen LogP contribution < -0.4 is 5.32 Å². The van der Waals surface area contributed by atoms with Gasteiger partial charge in [0.1, 0.15) is 0 Å². The van der Waals surface area contributed by atoms with Gasteiger partial charge in [-0.1, -0.05) is 28.1 Å². The molecule has 0 amide bonds. The maximum absolute atomic E-state index is 4.12. The van der Waals surface area contributed by atoms with E-state index in [-0.39, 0.29) is 6.04 Å². The Kier molecular flexibility index (Phi) is 3.61. The van der Waals surface area contributed by atoms with Gasteiger partial charge in [0.2, 0.25) is 0 Å². The van der Waals surface area contributed by atoms with Crippen molar-refractivity contribution in [3.63, 3.8) is 0 Å². The molecule has 1 fully saturated rings. The van der Waals surface area contributed by atoms with Gasteiger partial charge in [0.15, 0.2) is 5.82 Å². The highest BCUT2D eigenvalue weighted by Gasteiger charge is 2.22. The number of hydrogen-bond donors (Lipinski definition) is 1. The number of rotatable bonds is 5. The predicted molar refractivity (Wildman–Crippen MR) is 75.6 cm³/mol. The smallest absolute Gasteiger partial charge is 0.165 e. The predicted octanol–water partition coefficient (Wildman–Crippen LogP) is 2.30. The van der Waals surface area contributed by atoms with Crippen LogP contribution in [0.25, 0.3) is 0 Å². The molecule has 0 spiro atoms. The number of tetrazole rings is 1. The summed E-state index contributed by atoms with van der Waals surface area (Å²) >= 11 is 3.50. The third-order valence-corrected chi connectivity index (χ3v) is 3.88. The van der Waals surface area contributed by atoms with Gasteiger partial charge in [0.05, 0.1) is 12.6 Å². The first-order chi connectivity index (χ1) is 9.24. The van der Waals surface area contributed by atoms with E-state index in [0.717, 1.165) is 16.8 Å². The summed E-state index contributed by atoms with van der Waals surface area (Å²) in [7, 11) is 0. The monoisotopic (exact) mass is 321 g/mol. The zero-order valence-electron chi connectivity index (χ0n) is 10.8. The Balaban J connectivity index is 1.78. The minimum Gasteiger partial charge on any atom is -0.307 e. The molecule has 1 saturated carbocycles. The van der Waals surface area contributed by atoms with Crippen LogP contribution in [0.5, 0.6) is 0 Å². The quantitative estimate of drug-likeness (QED) is 0.918. The Bertz CT molecular complexity index is 564. The van der Waals surface area contributed by atoms with Crippen molar-refractivity contribution in [1.29, 1.82) is 0 Å². The van der Waals surface area contributed by atoms with E-state index in [1.807, 2.05) is 16.8 Å². The maximum atomic E-state index is 4.12. The van der Waals surface area contributed by atoms with Crippen molar-refractivity contribution in [2.75, 3.05) is 0 Å². The van der Waals surface area contributed by atoms with Crippen LogP contribution in [0.15, 0.2) is 28.7 Å². The highest BCUT2D eigenvalue weighted by molar-refractivity contribution is 9.10. The molecule has 5 nitrogen and oxygen atoms in total. The molecule has 1 aromatic heterocycles. The van der Waals surface area contributed by atoms with Crippen molar-refractivity contribution < 1.29 is 0 Å². The largest absolute Gasteiger partial charge is 0.307 e. The summed E-state index contributed by atoms with van der Waals surface area (Å²) in [6.07, 6.45) is 2.53. The van der Waals surface area contributed by atoms with Gasteiger partial charge in [0.25, 0.3) is 0 Å². The molecule has 19 heavy (non-hydrogen) atoms. The van der Waals surface area contributed by atoms with Gasteiger partial charge in [-0.2, -0.15) is 0 Å². The molecule has 1 unspecified atom stereocenters. The average molecular weight is 322 g/mol. The van der Waals surface area contributed by atoms with E-state index >= 15 is 0 Å². The third-order valence-electron chi connectivity index (χ3n) is 3.39. The second-order valence-corrected chi connectivity index (χ2v) is 5.84. The van der Waals surface area contributed by atoms with Gasteiger partial charge in [-0.15, -0.1) is 5.10 Å². The van der Waals surface area contributed by atoms with E-state index in [4.69, 9.17) is 0 Å². The van der Waals surface area contributed by atoms with Crippen LogP contribution in [0.3, 0.4) is 0 Å². The van der Waals surface area contributed by atoms with E-state index < -0.39 is 0 Å². The van der Waals surface area contributed by atoms with E-state index in [2.05, 4.69) is 55.8 Å².